The highest BCUT2D eigenvalue weighted by Gasteiger charge is 2.21. The Morgan fingerprint density at radius 2 is 1.81 bits per heavy atom. The maximum absolute atomic E-state index is 12.6. The molecule has 0 N–H and O–H groups in total. The summed E-state index contributed by atoms with van der Waals surface area (Å²) >= 11 is 2.20. The summed E-state index contributed by atoms with van der Waals surface area (Å²) in [7, 11) is 0. The number of likely N-dealkylation sites (tertiary alicyclic amines) is 1. The normalized spacial score (nSPS) is 14.9. The topological polar surface area (TPSA) is 38.8 Å². The fourth-order valence-corrected chi connectivity index (χ4v) is 3.28. The molecule has 1 aliphatic rings. The first-order valence-corrected chi connectivity index (χ1v) is 8.63. The van der Waals surface area contributed by atoms with Gasteiger partial charge in [-0.15, -0.1) is 0 Å². The van der Waals surface area contributed by atoms with Crippen LogP contribution in [0.25, 0.3) is 0 Å². The summed E-state index contributed by atoms with van der Waals surface area (Å²) in [6.45, 7) is 6.71. The largest absolute Gasteiger partial charge is 0.490 e. The van der Waals surface area contributed by atoms with Gasteiger partial charge in [0.25, 0.3) is 5.91 Å². The van der Waals surface area contributed by atoms with E-state index in [0.29, 0.717) is 24.5 Å². The minimum Gasteiger partial charge on any atom is -0.490 e. The number of nitrogens with zero attached hydrogens (tertiary/aromatic N) is 1. The maximum atomic E-state index is 12.6. The first kappa shape index (κ1) is 16.4. The third-order valence-electron chi connectivity index (χ3n) is 3.49. The van der Waals surface area contributed by atoms with Gasteiger partial charge >= 0.3 is 0 Å². The van der Waals surface area contributed by atoms with E-state index < -0.39 is 0 Å². The number of halogens is 1. The van der Waals surface area contributed by atoms with E-state index in [1.54, 1.807) is 0 Å². The van der Waals surface area contributed by atoms with Crippen molar-refractivity contribution in [2.75, 3.05) is 26.3 Å². The van der Waals surface area contributed by atoms with E-state index >= 15 is 0 Å². The van der Waals surface area contributed by atoms with Crippen LogP contribution in [0.2, 0.25) is 0 Å². The summed E-state index contributed by atoms with van der Waals surface area (Å²) in [4.78, 5) is 14.5. The van der Waals surface area contributed by atoms with Crippen LogP contribution in [-0.4, -0.2) is 37.1 Å². The van der Waals surface area contributed by atoms with Crippen LogP contribution in [-0.2, 0) is 0 Å². The molecular formula is C16H22INO3. The summed E-state index contributed by atoms with van der Waals surface area (Å²) in [6.07, 6.45) is 3.41. The number of benzene rings is 1. The molecule has 116 valence electrons. The lowest BCUT2D eigenvalue weighted by atomic mass is 10.1. The first-order valence-electron chi connectivity index (χ1n) is 7.55. The second-order valence-electron chi connectivity index (χ2n) is 5.00. The standard InChI is InChI=1S/C16H22INO3/c1-3-20-14-11-12(10-13(17)15(14)21-4-2)16(19)18-8-6-5-7-9-18/h10-11H,3-9H2,1-2H3. The lowest BCUT2D eigenvalue weighted by Crippen LogP contribution is -2.35. The molecule has 2 rings (SSSR count). The van der Waals surface area contributed by atoms with Crippen molar-refractivity contribution in [1.82, 2.24) is 4.90 Å². The average molecular weight is 403 g/mol. The van der Waals surface area contributed by atoms with Crippen molar-refractivity contribution < 1.29 is 14.3 Å². The van der Waals surface area contributed by atoms with Crippen LogP contribution in [0.1, 0.15) is 43.5 Å². The molecular weight excluding hydrogens is 381 g/mol. The van der Waals surface area contributed by atoms with Gasteiger partial charge in [0.2, 0.25) is 0 Å². The van der Waals surface area contributed by atoms with Crippen LogP contribution in [0.3, 0.4) is 0 Å². The lowest BCUT2D eigenvalue weighted by Gasteiger charge is -2.27. The van der Waals surface area contributed by atoms with E-state index in [0.717, 1.165) is 35.3 Å². The minimum atomic E-state index is 0.0941. The summed E-state index contributed by atoms with van der Waals surface area (Å²) in [6, 6.07) is 3.71. The molecule has 0 saturated carbocycles. The van der Waals surface area contributed by atoms with Crippen molar-refractivity contribution in [2.24, 2.45) is 0 Å². The van der Waals surface area contributed by atoms with Gasteiger partial charge in [0, 0.05) is 18.7 Å². The Balaban J connectivity index is 2.28. The molecule has 1 heterocycles. The molecule has 1 aromatic rings. The van der Waals surface area contributed by atoms with Gasteiger partial charge < -0.3 is 14.4 Å². The van der Waals surface area contributed by atoms with Gasteiger partial charge in [0.05, 0.1) is 16.8 Å². The van der Waals surface area contributed by atoms with Gasteiger partial charge in [-0.1, -0.05) is 0 Å². The molecule has 0 aliphatic carbocycles. The molecule has 5 heteroatoms. The molecule has 1 saturated heterocycles. The van der Waals surface area contributed by atoms with E-state index in [1.165, 1.54) is 6.42 Å². The number of hydrogen-bond acceptors (Lipinski definition) is 3. The Morgan fingerprint density at radius 1 is 1.14 bits per heavy atom. The predicted molar refractivity (Wildman–Crippen MR) is 91.3 cm³/mol. The zero-order valence-corrected chi connectivity index (χ0v) is 14.8. The van der Waals surface area contributed by atoms with E-state index in [4.69, 9.17) is 9.47 Å². The fraction of sp³-hybridized carbons (Fsp3) is 0.562. The van der Waals surface area contributed by atoms with Crippen molar-refractivity contribution in [3.05, 3.63) is 21.3 Å². The Hall–Kier alpha value is -0.980. The van der Waals surface area contributed by atoms with Gasteiger partial charge in [-0.25, -0.2) is 0 Å². The Labute approximate surface area is 139 Å². The smallest absolute Gasteiger partial charge is 0.254 e. The zero-order valence-electron chi connectivity index (χ0n) is 12.7. The monoisotopic (exact) mass is 403 g/mol. The number of carbonyl (C=O) groups is 1. The molecule has 4 nitrogen and oxygen atoms in total. The highest BCUT2D eigenvalue weighted by molar-refractivity contribution is 14.1. The average Bonchev–Trinajstić information content (AvgIpc) is 2.51. The third-order valence-corrected chi connectivity index (χ3v) is 4.29. The summed E-state index contributed by atoms with van der Waals surface area (Å²) in [5.74, 6) is 1.48. The molecule has 0 radical (unpaired) electrons. The van der Waals surface area contributed by atoms with Crippen molar-refractivity contribution in [3.8, 4) is 11.5 Å². The summed E-state index contributed by atoms with van der Waals surface area (Å²) in [5, 5.41) is 0. The molecule has 0 atom stereocenters. The van der Waals surface area contributed by atoms with Crippen LogP contribution < -0.4 is 9.47 Å². The fourth-order valence-electron chi connectivity index (χ4n) is 2.52. The molecule has 1 amide bonds. The molecule has 1 aromatic carbocycles. The van der Waals surface area contributed by atoms with Crippen LogP contribution in [0.15, 0.2) is 12.1 Å². The molecule has 21 heavy (non-hydrogen) atoms. The number of piperidine rings is 1. The van der Waals surface area contributed by atoms with E-state index in [9.17, 15) is 4.79 Å². The number of hydrogen-bond donors (Lipinski definition) is 0. The Kier molecular flexibility index (Phi) is 6.14. The van der Waals surface area contributed by atoms with Gasteiger partial charge in [0.15, 0.2) is 11.5 Å². The second-order valence-corrected chi connectivity index (χ2v) is 6.17. The summed E-state index contributed by atoms with van der Waals surface area (Å²) in [5.41, 5.74) is 0.688. The van der Waals surface area contributed by atoms with Crippen LogP contribution in [0, 0.1) is 3.57 Å². The number of ether oxygens (including phenoxy) is 2. The number of carbonyl (C=O) groups excluding carboxylic acids is 1. The Bertz CT molecular complexity index is 499. The first-order chi connectivity index (χ1) is 10.2. The molecule has 1 fully saturated rings. The van der Waals surface area contributed by atoms with Crippen LogP contribution in [0.5, 0.6) is 11.5 Å². The van der Waals surface area contributed by atoms with Gasteiger partial charge in [-0.3, -0.25) is 4.79 Å². The van der Waals surface area contributed by atoms with E-state index in [-0.39, 0.29) is 5.91 Å². The quantitative estimate of drug-likeness (QED) is 0.704. The summed E-state index contributed by atoms with van der Waals surface area (Å²) < 4.78 is 12.2. The van der Waals surface area contributed by atoms with E-state index in [2.05, 4.69) is 22.6 Å². The van der Waals surface area contributed by atoms with Crippen molar-refractivity contribution in [2.45, 2.75) is 33.1 Å². The van der Waals surface area contributed by atoms with Crippen LogP contribution >= 0.6 is 22.6 Å². The SMILES string of the molecule is CCOc1cc(C(=O)N2CCCCC2)cc(I)c1OCC. The van der Waals surface area contributed by atoms with Crippen LogP contribution in [0.4, 0.5) is 0 Å². The van der Waals surface area contributed by atoms with Gasteiger partial charge in [-0.05, 0) is 67.8 Å². The Morgan fingerprint density at radius 3 is 2.43 bits per heavy atom. The zero-order chi connectivity index (χ0) is 15.2. The van der Waals surface area contributed by atoms with Gasteiger partial charge in [-0.2, -0.15) is 0 Å². The highest BCUT2D eigenvalue weighted by Crippen LogP contribution is 2.34. The second kappa shape index (κ2) is 7.87. The van der Waals surface area contributed by atoms with Crippen molar-refractivity contribution in [3.63, 3.8) is 0 Å². The third kappa shape index (κ3) is 4.02. The highest BCUT2D eigenvalue weighted by atomic mass is 127. The lowest BCUT2D eigenvalue weighted by molar-refractivity contribution is 0.0723. The predicted octanol–water partition coefficient (Wildman–Crippen LogP) is 3.71. The van der Waals surface area contributed by atoms with Crippen molar-refractivity contribution >= 4 is 28.5 Å². The molecule has 1 aliphatic heterocycles. The molecule has 0 spiro atoms. The number of amides is 1. The minimum absolute atomic E-state index is 0.0941. The molecule has 0 unspecified atom stereocenters. The molecule has 0 bridgehead atoms. The van der Waals surface area contributed by atoms with Crippen molar-refractivity contribution in [1.29, 1.82) is 0 Å². The maximum Gasteiger partial charge on any atom is 0.254 e. The van der Waals surface area contributed by atoms with E-state index in [1.807, 2.05) is 30.9 Å². The number of rotatable bonds is 5. The molecule has 0 aromatic heterocycles. The van der Waals surface area contributed by atoms with Gasteiger partial charge in [0.1, 0.15) is 0 Å².